The van der Waals surface area contributed by atoms with Gasteiger partial charge in [-0.3, -0.25) is 9.89 Å². The van der Waals surface area contributed by atoms with Gasteiger partial charge in [0.25, 0.3) is 5.91 Å². The zero-order valence-corrected chi connectivity index (χ0v) is 18.5. The molecule has 0 unspecified atom stereocenters. The largest absolute Gasteiger partial charge is 0.416 e. The SMILES string of the molecule is CC(C)CSN1Cc2[nH]nc(C(=O)N3CCC(c4ccccc4C(F)(F)F)CC3)c2C1. The molecule has 0 spiro atoms. The lowest BCUT2D eigenvalue weighted by molar-refractivity contribution is -0.138. The summed E-state index contributed by atoms with van der Waals surface area (Å²) in [7, 11) is 0. The van der Waals surface area contributed by atoms with Gasteiger partial charge in [-0.25, -0.2) is 4.31 Å². The lowest BCUT2D eigenvalue weighted by atomic mass is 9.86. The van der Waals surface area contributed by atoms with Gasteiger partial charge in [0.05, 0.1) is 17.8 Å². The summed E-state index contributed by atoms with van der Waals surface area (Å²) in [5, 5.41) is 7.27. The molecule has 1 aromatic heterocycles. The van der Waals surface area contributed by atoms with Crippen LogP contribution < -0.4 is 0 Å². The zero-order valence-electron chi connectivity index (χ0n) is 17.7. The highest BCUT2D eigenvalue weighted by Gasteiger charge is 2.37. The standard InChI is InChI=1S/C22H27F3N4OS/c1-14(2)13-31-29-11-17-19(12-29)26-27-20(17)21(30)28-9-7-15(8-10-28)16-5-3-4-6-18(16)22(23,24)25/h3-6,14-15H,7-13H2,1-2H3,(H,26,27). The van der Waals surface area contributed by atoms with Crippen molar-refractivity contribution in [1.82, 2.24) is 19.4 Å². The number of piperidine rings is 1. The Balaban J connectivity index is 1.40. The number of hydrogen-bond donors (Lipinski definition) is 1. The normalized spacial score (nSPS) is 18.1. The number of halogens is 3. The maximum Gasteiger partial charge on any atom is 0.416 e. The summed E-state index contributed by atoms with van der Waals surface area (Å²) in [5.41, 5.74) is 2.15. The highest BCUT2D eigenvalue weighted by Crippen LogP contribution is 2.39. The molecule has 1 amide bonds. The molecule has 0 aliphatic carbocycles. The van der Waals surface area contributed by atoms with Gasteiger partial charge in [-0.15, -0.1) is 0 Å². The Bertz CT molecular complexity index is 935. The molecule has 2 aliphatic heterocycles. The fourth-order valence-electron chi connectivity index (χ4n) is 4.29. The van der Waals surface area contributed by atoms with E-state index in [1.807, 2.05) is 0 Å². The van der Waals surface area contributed by atoms with E-state index >= 15 is 0 Å². The predicted molar refractivity (Wildman–Crippen MR) is 114 cm³/mol. The summed E-state index contributed by atoms with van der Waals surface area (Å²) >= 11 is 1.78. The number of carbonyl (C=O) groups excluding carboxylic acids is 1. The Morgan fingerprint density at radius 1 is 1.23 bits per heavy atom. The van der Waals surface area contributed by atoms with E-state index in [1.54, 1.807) is 29.0 Å². The van der Waals surface area contributed by atoms with Gasteiger partial charge in [-0.05, 0) is 36.3 Å². The fraction of sp³-hybridized carbons (Fsp3) is 0.545. The predicted octanol–water partition coefficient (Wildman–Crippen LogP) is 5.07. The first-order valence-electron chi connectivity index (χ1n) is 10.6. The first kappa shape index (κ1) is 22.2. The van der Waals surface area contributed by atoms with Crippen molar-refractivity contribution in [3.63, 3.8) is 0 Å². The quantitative estimate of drug-likeness (QED) is 0.644. The Hall–Kier alpha value is -2.00. The third-order valence-electron chi connectivity index (χ3n) is 5.90. The smallest absolute Gasteiger partial charge is 0.337 e. The number of alkyl halides is 3. The van der Waals surface area contributed by atoms with Crippen LogP contribution in [0.2, 0.25) is 0 Å². The molecule has 1 saturated heterocycles. The molecule has 9 heteroatoms. The van der Waals surface area contributed by atoms with E-state index in [4.69, 9.17) is 0 Å². The van der Waals surface area contributed by atoms with Gasteiger partial charge < -0.3 is 4.90 Å². The van der Waals surface area contributed by atoms with Crippen molar-refractivity contribution in [1.29, 1.82) is 0 Å². The molecule has 1 fully saturated rings. The van der Waals surface area contributed by atoms with Crippen LogP contribution in [0.1, 0.15) is 65.5 Å². The minimum Gasteiger partial charge on any atom is -0.337 e. The molecule has 168 valence electrons. The summed E-state index contributed by atoms with van der Waals surface area (Å²) in [6, 6.07) is 5.78. The van der Waals surface area contributed by atoms with Crippen molar-refractivity contribution < 1.29 is 18.0 Å². The van der Waals surface area contributed by atoms with Crippen LogP contribution in [-0.4, -0.2) is 44.2 Å². The molecule has 4 rings (SSSR count). The van der Waals surface area contributed by atoms with Gasteiger partial charge in [0.1, 0.15) is 0 Å². The number of aromatic nitrogens is 2. The topological polar surface area (TPSA) is 52.2 Å². The number of hydrogen-bond acceptors (Lipinski definition) is 4. The monoisotopic (exact) mass is 452 g/mol. The number of H-pyrrole nitrogens is 1. The van der Waals surface area contributed by atoms with Crippen LogP contribution in [0.15, 0.2) is 24.3 Å². The zero-order chi connectivity index (χ0) is 22.2. The van der Waals surface area contributed by atoms with Crippen LogP contribution in [0.3, 0.4) is 0 Å². The van der Waals surface area contributed by atoms with E-state index in [0.29, 0.717) is 49.7 Å². The number of aromatic amines is 1. The molecule has 2 aliphatic rings. The molecule has 2 aromatic rings. The first-order valence-corrected chi connectivity index (χ1v) is 11.6. The Kier molecular flexibility index (Phi) is 6.35. The van der Waals surface area contributed by atoms with Gasteiger partial charge in [0.15, 0.2) is 5.69 Å². The third-order valence-corrected chi connectivity index (χ3v) is 7.34. The molecule has 0 radical (unpaired) electrons. The lowest BCUT2D eigenvalue weighted by Gasteiger charge is -2.33. The first-order chi connectivity index (χ1) is 14.7. The molecule has 1 aromatic carbocycles. The summed E-state index contributed by atoms with van der Waals surface area (Å²) in [5.74, 6) is 1.28. The van der Waals surface area contributed by atoms with Crippen LogP contribution in [0.4, 0.5) is 13.2 Å². The molecule has 5 nitrogen and oxygen atoms in total. The molecular weight excluding hydrogens is 425 g/mol. The van der Waals surface area contributed by atoms with Gasteiger partial charge in [-0.2, -0.15) is 18.3 Å². The van der Waals surface area contributed by atoms with Crippen LogP contribution in [0, 0.1) is 5.92 Å². The number of rotatable bonds is 5. The summed E-state index contributed by atoms with van der Waals surface area (Å²) in [6.45, 7) is 6.64. The van der Waals surface area contributed by atoms with E-state index in [1.165, 1.54) is 6.07 Å². The Labute approximate surface area is 184 Å². The van der Waals surface area contributed by atoms with E-state index in [9.17, 15) is 18.0 Å². The van der Waals surface area contributed by atoms with Crippen molar-refractivity contribution >= 4 is 17.9 Å². The molecule has 0 atom stereocenters. The summed E-state index contributed by atoms with van der Waals surface area (Å²) in [4.78, 5) is 14.8. The Morgan fingerprint density at radius 3 is 2.61 bits per heavy atom. The minimum absolute atomic E-state index is 0.129. The van der Waals surface area contributed by atoms with Crippen molar-refractivity contribution in [2.75, 3.05) is 18.8 Å². The number of fused-ring (bicyclic) bond motifs is 1. The van der Waals surface area contributed by atoms with Gasteiger partial charge in [0, 0.05) is 31.0 Å². The maximum absolute atomic E-state index is 13.4. The molecular formula is C22H27F3N4OS. The molecule has 3 heterocycles. The number of carbonyl (C=O) groups is 1. The van der Waals surface area contributed by atoms with Crippen LogP contribution in [0.5, 0.6) is 0 Å². The van der Waals surface area contributed by atoms with E-state index in [2.05, 4.69) is 28.4 Å². The van der Waals surface area contributed by atoms with Gasteiger partial charge >= 0.3 is 6.18 Å². The van der Waals surface area contributed by atoms with Crippen molar-refractivity contribution in [2.45, 2.75) is 51.9 Å². The summed E-state index contributed by atoms with van der Waals surface area (Å²) < 4.78 is 42.3. The molecule has 31 heavy (non-hydrogen) atoms. The van der Waals surface area contributed by atoms with Crippen molar-refractivity contribution in [3.8, 4) is 0 Å². The van der Waals surface area contributed by atoms with E-state index in [-0.39, 0.29) is 11.8 Å². The molecule has 0 bridgehead atoms. The fourth-order valence-corrected chi connectivity index (χ4v) is 5.24. The highest BCUT2D eigenvalue weighted by molar-refractivity contribution is 7.96. The Morgan fingerprint density at radius 2 is 1.94 bits per heavy atom. The molecule has 1 N–H and O–H groups in total. The lowest BCUT2D eigenvalue weighted by Crippen LogP contribution is -2.38. The van der Waals surface area contributed by atoms with Crippen LogP contribution in [0.25, 0.3) is 0 Å². The van der Waals surface area contributed by atoms with Crippen molar-refractivity contribution in [3.05, 3.63) is 52.3 Å². The van der Waals surface area contributed by atoms with Gasteiger partial charge in [0.2, 0.25) is 0 Å². The second-order valence-corrected chi connectivity index (χ2v) is 9.78. The number of nitrogens with one attached hydrogen (secondary N) is 1. The average molecular weight is 453 g/mol. The second kappa shape index (κ2) is 8.86. The molecule has 0 saturated carbocycles. The highest BCUT2D eigenvalue weighted by atomic mass is 32.2. The van der Waals surface area contributed by atoms with Gasteiger partial charge in [-0.1, -0.05) is 44.0 Å². The van der Waals surface area contributed by atoms with Crippen LogP contribution >= 0.6 is 11.9 Å². The van der Waals surface area contributed by atoms with Crippen molar-refractivity contribution in [2.24, 2.45) is 5.92 Å². The number of nitrogens with zero attached hydrogens (tertiary/aromatic N) is 3. The number of benzene rings is 1. The van der Waals surface area contributed by atoms with Crippen LogP contribution in [-0.2, 0) is 19.3 Å². The minimum atomic E-state index is -4.36. The summed E-state index contributed by atoms with van der Waals surface area (Å²) in [6.07, 6.45) is -3.33. The average Bonchev–Trinajstić information content (AvgIpc) is 3.31. The number of amides is 1. The second-order valence-electron chi connectivity index (χ2n) is 8.67. The van der Waals surface area contributed by atoms with E-state index < -0.39 is 11.7 Å². The maximum atomic E-state index is 13.4. The number of likely N-dealkylation sites (tertiary alicyclic amines) is 1. The third kappa shape index (κ3) is 4.77. The van der Waals surface area contributed by atoms with E-state index in [0.717, 1.165) is 29.6 Å².